The first-order valence-corrected chi connectivity index (χ1v) is 8.55. The minimum atomic E-state index is 0.862. The molecule has 0 atom stereocenters. The van der Waals surface area contributed by atoms with E-state index in [0.29, 0.717) is 0 Å². The van der Waals surface area contributed by atoms with Crippen molar-refractivity contribution >= 4 is 11.4 Å². The number of hydrogen-bond acceptors (Lipinski definition) is 2. The fourth-order valence-corrected chi connectivity index (χ4v) is 3.34. The molecule has 0 unspecified atom stereocenters. The molecule has 0 spiro atoms. The zero-order valence-electron chi connectivity index (χ0n) is 15.4. The summed E-state index contributed by atoms with van der Waals surface area (Å²) in [4.78, 5) is 0. The van der Waals surface area contributed by atoms with Gasteiger partial charge < -0.3 is 11.5 Å². The standard InChI is InChI=1S/C23H25N2/c1-14-10-19(11-15(2)22(14)24)21(18-8-6-5-7-9-18)20-12-16(3)23(25)17(4)13-20/h5-13H,24-25H2,1-4H3. The van der Waals surface area contributed by atoms with Crippen LogP contribution in [0.1, 0.15) is 38.9 Å². The minimum Gasteiger partial charge on any atom is -0.398 e. The quantitative estimate of drug-likeness (QED) is 0.518. The molecule has 0 aliphatic carbocycles. The summed E-state index contributed by atoms with van der Waals surface area (Å²) < 4.78 is 0. The van der Waals surface area contributed by atoms with Crippen LogP contribution in [-0.4, -0.2) is 0 Å². The van der Waals surface area contributed by atoms with Crippen molar-refractivity contribution in [1.82, 2.24) is 0 Å². The molecule has 0 amide bonds. The largest absolute Gasteiger partial charge is 0.398 e. The van der Waals surface area contributed by atoms with Gasteiger partial charge in [0.2, 0.25) is 0 Å². The lowest BCUT2D eigenvalue weighted by molar-refractivity contribution is 1.19. The van der Waals surface area contributed by atoms with Crippen molar-refractivity contribution in [2.75, 3.05) is 11.5 Å². The maximum atomic E-state index is 6.17. The van der Waals surface area contributed by atoms with E-state index in [1.54, 1.807) is 0 Å². The molecule has 1 radical (unpaired) electrons. The van der Waals surface area contributed by atoms with E-state index in [4.69, 9.17) is 11.5 Å². The lowest BCUT2D eigenvalue weighted by atomic mass is 9.82. The van der Waals surface area contributed by atoms with Crippen molar-refractivity contribution < 1.29 is 0 Å². The van der Waals surface area contributed by atoms with Crippen molar-refractivity contribution in [3.63, 3.8) is 0 Å². The molecule has 0 fully saturated rings. The molecule has 3 rings (SSSR count). The highest BCUT2D eigenvalue weighted by Crippen LogP contribution is 2.35. The van der Waals surface area contributed by atoms with Crippen molar-refractivity contribution in [2.24, 2.45) is 0 Å². The Morgan fingerprint density at radius 2 is 0.920 bits per heavy atom. The van der Waals surface area contributed by atoms with Crippen molar-refractivity contribution in [1.29, 1.82) is 0 Å². The summed E-state index contributed by atoms with van der Waals surface area (Å²) in [5, 5.41) is 0. The van der Waals surface area contributed by atoms with Gasteiger partial charge in [0, 0.05) is 11.4 Å². The SMILES string of the molecule is Cc1cc([C](c2ccccc2)c2cc(C)c(N)c(C)c2)cc(C)c1N. The second kappa shape index (κ2) is 6.64. The monoisotopic (exact) mass is 329 g/mol. The Hall–Kier alpha value is -2.74. The van der Waals surface area contributed by atoms with Gasteiger partial charge in [0.25, 0.3) is 0 Å². The Labute approximate surface area is 150 Å². The normalized spacial score (nSPS) is 11.1. The molecule has 0 aliphatic heterocycles. The molecule has 3 aromatic rings. The van der Waals surface area contributed by atoms with Crippen molar-refractivity contribution in [2.45, 2.75) is 27.7 Å². The first kappa shape index (κ1) is 17.1. The highest BCUT2D eigenvalue weighted by Gasteiger charge is 2.20. The lowest BCUT2D eigenvalue weighted by Gasteiger charge is -2.22. The number of benzene rings is 3. The summed E-state index contributed by atoms with van der Waals surface area (Å²) in [6.45, 7) is 8.25. The Morgan fingerprint density at radius 3 is 1.28 bits per heavy atom. The average Bonchev–Trinajstić information content (AvgIpc) is 2.58. The Morgan fingerprint density at radius 1 is 0.560 bits per heavy atom. The smallest absolute Gasteiger partial charge is 0.0629 e. The van der Waals surface area contributed by atoms with Crippen LogP contribution in [0.25, 0.3) is 0 Å². The van der Waals surface area contributed by atoms with Gasteiger partial charge in [-0.1, -0.05) is 54.6 Å². The van der Waals surface area contributed by atoms with Crippen LogP contribution in [0.3, 0.4) is 0 Å². The van der Waals surface area contributed by atoms with Gasteiger partial charge in [0.1, 0.15) is 0 Å². The molecule has 0 heterocycles. The van der Waals surface area contributed by atoms with E-state index in [1.165, 1.54) is 22.6 Å². The highest BCUT2D eigenvalue weighted by molar-refractivity contribution is 5.66. The van der Waals surface area contributed by atoms with Gasteiger partial charge in [-0.2, -0.15) is 0 Å². The average molecular weight is 329 g/mol. The molecule has 0 aromatic heterocycles. The van der Waals surface area contributed by atoms with E-state index < -0.39 is 0 Å². The zero-order chi connectivity index (χ0) is 18.1. The third kappa shape index (κ3) is 3.25. The lowest BCUT2D eigenvalue weighted by Crippen LogP contribution is -2.08. The number of nitrogens with two attached hydrogens (primary N) is 2. The van der Waals surface area contributed by atoms with Crippen LogP contribution in [0.15, 0.2) is 54.6 Å². The molecule has 4 N–H and O–H groups in total. The number of rotatable bonds is 3. The predicted molar refractivity (Wildman–Crippen MR) is 108 cm³/mol. The third-order valence-electron chi connectivity index (χ3n) is 4.83. The highest BCUT2D eigenvalue weighted by atomic mass is 14.6. The number of hydrogen-bond donors (Lipinski definition) is 2. The molecular formula is C23H25N2. The van der Waals surface area contributed by atoms with E-state index in [-0.39, 0.29) is 0 Å². The van der Waals surface area contributed by atoms with Gasteiger partial charge in [-0.25, -0.2) is 0 Å². The van der Waals surface area contributed by atoms with Crippen LogP contribution in [-0.2, 0) is 0 Å². The Bertz CT molecular complexity index is 807. The predicted octanol–water partition coefficient (Wildman–Crippen LogP) is 5.10. The molecule has 0 saturated heterocycles. The van der Waals surface area contributed by atoms with Gasteiger partial charge in [-0.15, -0.1) is 0 Å². The fraction of sp³-hybridized carbons (Fsp3) is 0.174. The van der Waals surface area contributed by atoms with Gasteiger partial charge >= 0.3 is 0 Å². The van der Waals surface area contributed by atoms with E-state index in [9.17, 15) is 0 Å². The summed E-state index contributed by atoms with van der Waals surface area (Å²) in [5.41, 5.74) is 22.0. The number of anilines is 2. The summed E-state index contributed by atoms with van der Waals surface area (Å²) in [6.07, 6.45) is 0. The summed E-state index contributed by atoms with van der Waals surface area (Å²) in [5.74, 6) is 1.21. The number of nitrogen functional groups attached to an aromatic ring is 2. The third-order valence-corrected chi connectivity index (χ3v) is 4.83. The molecule has 2 nitrogen and oxygen atoms in total. The van der Waals surface area contributed by atoms with E-state index >= 15 is 0 Å². The topological polar surface area (TPSA) is 52.0 Å². The first-order valence-electron chi connectivity index (χ1n) is 8.55. The first-order chi connectivity index (χ1) is 11.9. The van der Waals surface area contributed by atoms with Crippen molar-refractivity contribution in [3.05, 3.63) is 99.5 Å². The molecule has 0 aliphatic rings. The second-order valence-electron chi connectivity index (χ2n) is 6.79. The van der Waals surface area contributed by atoms with Crippen molar-refractivity contribution in [3.8, 4) is 0 Å². The minimum absolute atomic E-state index is 0.862. The van der Waals surface area contributed by atoms with Crippen LogP contribution in [0.5, 0.6) is 0 Å². The fourth-order valence-electron chi connectivity index (χ4n) is 3.34. The molecule has 0 saturated carbocycles. The summed E-state index contributed by atoms with van der Waals surface area (Å²) in [6, 6.07) is 19.2. The van der Waals surface area contributed by atoms with Gasteiger partial charge in [-0.3, -0.25) is 0 Å². The van der Waals surface area contributed by atoms with E-state index in [2.05, 4.69) is 76.2 Å². The summed E-state index contributed by atoms with van der Waals surface area (Å²) >= 11 is 0. The maximum absolute atomic E-state index is 6.17. The zero-order valence-corrected chi connectivity index (χ0v) is 15.4. The van der Waals surface area contributed by atoms with E-state index in [1.807, 2.05) is 6.07 Å². The second-order valence-corrected chi connectivity index (χ2v) is 6.79. The van der Waals surface area contributed by atoms with Gasteiger partial charge in [-0.05, 0) is 66.6 Å². The maximum Gasteiger partial charge on any atom is 0.0629 e. The van der Waals surface area contributed by atoms with Crippen LogP contribution < -0.4 is 11.5 Å². The molecule has 2 heteroatoms. The van der Waals surface area contributed by atoms with Crippen LogP contribution in [0, 0.1) is 33.6 Å². The van der Waals surface area contributed by atoms with Gasteiger partial charge in [0.15, 0.2) is 0 Å². The molecule has 0 bridgehead atoms. The Kier molecular flexibility index (Phi) is 4.54. The molecular weight excluding hydrogens is 304 g/mol. The molecule has 25 heavy (non-hydrogen) atoms. The number of aryl methyl sites for hydroxylation is 4. The van der Waals surface area contributed by atoms with Crippen LogP contribution in [0.2, 0.25) is 0 Å². The van der Waals surface area contributed by atoms with Crippen LogP contribution in [0.4, 0.5) is 11.4 Å². The van der Waals surface area contributed by atoms with Gasteiger partial charge in [0.05, 0.1) is 5.92 Å². The van der Waals surface area contributed by atoms with E-state index in [0.717, 1.165) is 33.6 Å². The molecule has 3 aromatic carbocycles. The van der Waals surface area contributed by atoms with Crippen LogP contribution >= 0.6 is 0 Å². The summed E-state index contributed by atoms with van der Waals surface area (Å²) in [7, 11) is 0. The Balaban J connectivity index is 2.25. The molecule has 127 valence electrons.